The lowest BCUT2D eigenvalue weighted by atomic mass is 10.1. The quantitative estimate of drug-likeness (QED) is 0.169. The SMILES string of the molecule is CC(C)(C)OC(=O)N1CCC(CN(Cc2cc(C=Cc3ccc(Cl)cc3Br)cn(COCC[Si](C)(C)C)c2=O)C(=O)OC(C)(C)C)C1. The minimum atomic E-state index is -1.31. The van der Waals surface area contributed by atoms with Crippen LogP contribution in [0.5, 0.6) is 0 Å². The van der Waals surface area contributed by atoms with Crippen molar-refractivity contribution in [1.82, 2.24) is 14.4 Å². The molecule has 1 aliphatic rings. The summed E-state index contributed by atoms with van der Waals surface area (Å²) in [5.41, 5.74) is 0.568. The van der Waals surface area contributed by atoms with E-state index >= 15 is 0 Å². The van der Waals surface area contributed by atoms with Crippen LogP contribution in [0.2, 0.25) is 30.7 Å². The lowest BCUT2D eigenvalue weighted by Crippen LogP contribution is -2.42. The fourth-order valence-corrected chi connectivity index (χ4v) is 6.48. The average Bonchev–Trinajstić information content (AvgIpc) is 3.39. The number of carbonyl (C=O) groups is 2. The van der Waals surface area contributed by atoms with E-state index in [4.69, 9.17) is 25.8 Å². The molecule has 0 spiro atoms. The molecule has 1 aromatic heterocycles. The topological polar surface area (TPSA) is 90.3 Å². The van der Waals surface area contributed by atoms with Gasteiger partial charge < -0.3 is 24.0 Å². The number of rotatable bonds is 11. The molecular formula is C35H51BrClN3O6Si. The number of carbonyl (C=O) groups excluding carboxylic acids is 2. The van der Waals surface area contributed by atoms with Crippen molar-refractivity contribution in [2.45, 2.75) is 98.1 Å². The summed E-state index contributed by atoms with van der Waals surface area (Å²) in [5, 5.41) is 0.624. The van der Waals surface area contributed by atoms with E-state index in [0.29, 0.717) is 43.2 Å². The molecule has 12 heteroatoms. The Bertz CT molecular complexity index is 1490. The molecular weight excluding hydrogens is 702 g/mol. The number of amides is 2. The summed E-state index contributed by atoms with van der Waals surface area (Å²) in [6.45, 7) is 19.8. The van der Waals surface area contributed by atoms with E-state index in [2.05, 4.69) is 35.6 Å². The van der Waals surface area contributed by atoms with Gasteiger partial charge in [-0.25, -0.2) is 9.59 Å². The van der Waals surface area contributed by atoms with Gasteiger partial charge in [0.2, 0.25) is 0 Å². The van der Waals surface area contributed by atoms with Crippen LogP contribution in [0.15, 0.2) is 39.7 Å². The molecule has 47 heavy (non-hydrogen) atoms. The first-order valence-electron chi connectivity index (χ1n) is 16.1. The smallest absolute Gasteiger partial charge is 0.410 e. The predicted octanol–water partition coefficient (Wildman–Crippen LogP) is 8.74. The molecule has 1 aromatic carbocycles. The molecule has 2 aromatic rings. The summed E-state index contributed by atoms with van der Waals surface area (Å²) in [6.07, 6.45) is 5.45. The first-order chi connectivity index (χ1) is 21.7. The van der Waals surface area contributed by atoms with Gasteiger partial charge in [-0.05, 0) is 89.3 Å². The maximum Gasteiger partial charge on any atom is 0.410 e. The summed E-state index contributed by atoms with van der Waals surface area (Å²) in [5.74, 6) is -0.00695. The molecule has 260 valence electrons. The third-order valence-electron chi connectivity index (χ3n) is 7.26. The van der Waals surface area contributed by atoms with Gasteiger partial charge in [0.1, 0.15) is 17.9 Å². The van der Waals surface area contributed by atoms with Gasteiger partial charge in [-0.15, -0.1) is 0 Å². The molecule has 1 unspecified atom stereocenters. The van der Waals surface area contributed by atoms with Gasteiger partial charge in [0.25, 0.3) is 5.56 Å². The molecule has 1 fully saturated rings. The van der Waals surface area contributed by atoms with Crippen molar-refractivity contribution in [3.05, 3.63) is 67.0 Å². The highest BCUT2D eigenvalue weighted by Crippen LogP contribution is 2.25. The standard InChI is InChI=1S/C35H51BrClN3O6Si/c1-34(2,3)45-32(42)38-15-14-26(21-38)22-39(33(43)46-35(4,5)6)23-28-18-25(10-11-27-12-13-29(37)19-30(27)36)20-40(31(28)41)24-44-16-17-47(7,8)9/h10-13,18-20,26H,14-17,21-24H2,1-9H3. The Balaban J connectivity index is 1.92. The molecule has 2 amide bonds. The zero-order valence-corrected chi connectivity index (χ0v) is 32.7. The summed E-state index contributed by atoms with van der Waals surface area (Å²) >= 11 is 9.70. The summed E-state index contributed by atoms with van der Waals surface area (Å²) < 4.78 is 19.7. The van der Waals surface area contributed by atoms with Crippen molar-refractivity contribution >= 4 is 59.9 Å². The lowest BCUT2D eigenvalue weighted by molar-refractivity contribution is 0.0195. The molecule has 0 N–H and O–H groups in total. The maximum absolute atomic E-state index is 13.8. The van der Waals surface area contributed by atoms with Crippen LogP contribution in [-0.4, -0.2) is 72.1 Å². The van der Waals surface area contributed by atoms with Gasteiger partial charge in [0.15, 0.2) is 0 Å². The minimum absolute atomic E-state index is 0.00695. The van der Waals surface area contributed by atoms with Crippen LogP contribution in [0.1, 0.15) is 64.7 Å². The van der Waals surface area contributed by atoms with E-state index in [1.807, 2.05) is 71.9 Å². The summed E-state index contributed by atoms with van der Waals surface area (Å²) in [4.78, 5) is 43.4. The van der Waals surface area contributed by atoms with Gasteiger partial charge >= 0.3 is 12.2 Å². The lowest BCUT2D eigenvalue weighted by Gasteiger charge is -2.29. The number of benzene rings is 1. The number of hydrogen-bond donors (Lipinski definition) is 0. The average molecular weight is 753 g/mol. The largest absolute Gasteiger partial charge is 0.444 e. The molecule has 0 saturated carbocycles. The molecule has 0 aliphatic carbocycles. The Kier molecular flexibility index (Phi) is 13.4. The number of pyridine rings is 1. The maximum atomic E-state index is 13.8. The third-order valence-corrected chi connectivity index (χ3v) is 9.88. The normalized spacial score (nSPS) is 15.7. The highest BCUT2D eigenvalue weighted by molar-refractivity contribution is 9.10. The second-order valence-electron chi connectivity index (χ2n) is 15.4. The minimum Gasteiger partial charge on any atom is -0.444 e. The van der Waals surface area contributed by atoms with Crippen molar-refractivity contribution in [2.24, 2.45) is 5.92 Å². The number of halogens is 2. The Morgan fingerprint density at radius 1 is 1.06 bits per heavy atom. The van der Waals surface area contributed by atoms with Crippen molar-refractivity contribution in [1.29, 1.82) is 0 Å². The van der Waals surface area contributed by atoms with Crippen molar-refractivity contribution in [2.75, 3.05) is 26.2 Å². The second-order valence-corrected chi connectivity index (χ2v) is 22.3. The van der Waals surface area contributed by atoms with Crippen LogP contribution in [-0.2, 0) is 27.5 Å². The Morgan fingerprint density at radius 3 is 2.36 bits per heavy atom. The number of hydrogen-bond acceptors (Lipinski definition) is 6. The third kappa shape index (κ3) is 13.4. The van der Waals surface area contributed by atoms with Crippen LogP contribution in [0.3, 0.4) is 0 Å². The van der Waals surface area contributed by atoms with Crippen molar-refractivity contribution in [3.8, 4) is 0 Å². The molecule has 2 heterocycles. The zero-order chi connectivity index (χ0) is 35.2. The van der Waals surface area contributed by atoms with E-state index in [1.54, 1.807) is 26.6 Å². The van der Waals surface area contributed by atoms with Crippen LogP contribution in [0, 0.1) is 5.92 Å². The molecule has 0 bridgehead atoms. The van der Waals surface area contributed by atoms with Crippen LogP contribution in [0.25, 0.3) is 12.2 Å². The fraction of sp³-hybridized carbons (Fsp3) is 0.571. The van der Waals surface area contributed by atoms with Crippen molar-refractivity contribution in [3.63, 3.8) is 0 Å². The molecule has 0 radical (unpaired) electrons. The number of ether oxygens (including phenoxy) is 3. The van der Waals surface area contributed by atoms with E-state index < -0.39 is 25.4 Å². The van der Waals surface area contributed by atoms with Gasteiger partial charge in [-0.3, -0.25) is 9.36 Å². The molecule has 3 rings (SSSR count). The number of likely N-dealkylation sites (tertiary alicyclic amines) is 1. The van der Waals surface area contributed by atoms with E-state index in [9.17, 15) is 14.4 Å². The second kappa shape index (κ2) is 16.2. The molecule has 9 nitrogen and oxygen atoms in total. The fourth-order valence-electron chi connectivity index (χ4n) is 4.91. The van der Waals surface area contributed by atoms with Gasteiger partial charge in [0.05, 0.1) is 6.54 Å². The van der Waals surface area contributed by atoms with Gasteiger partial charge in [-0.2, -0.15) is 0 Å². The van der Waals surface area contributed by atoms with Gasteiger partial charge in [-0.1, -0.05) is 65.4 Å². The van der Waals surface area contributed by atoms with E-state index in [1.165, 1.54) is 0 Å². The van der Waals surface area contributed by atoms with Gasteiger partial charge in [0, 0.05) is 55.6 Å². The monoisotopic (exact) mass is 751 g/mol. The van der Waals surface area contributed by atoms with Crippen molar-refractivity contribution < 1.29 is 23.8 Å². The van der Waals surface area contributed by atoms with E-state index in [0.717, 1.165) is 21.6 Å². The Hall–Kier alpha value is -2.60. The first-order valence-corrected chi connectivity index (χ1v) is 21.0. The van der Waals surface area contributed by atoms with Crippen LogP contribution >= 0.6 is 27.5 Å². The highest BCUT2D eigenvalue weighted by atomic mass is 79.9. The van der Waals surface area contributed by atoms with Crippen LogP contribution < -0.4 is 5.56 Å². The van der Waals surface area contributed by atoms with Crippen LogP contribution in [0.4, 0.5) is 9.59 Å². The van der Waals surface area contributed by atoms with E-state index in [-0.39, 0.29) is 30.8 Å². The predicted molar refractivity (Wildman–Crippen MR) is 195 cm³/mol. The number of nitrogens with zero attached hydrogens (tertiary/aromatic N) is 3. The highest BCUT2D eigenvalue weighted by Gasteiger charge is 2.33. The zero-order valence-electron chi connectivity index (χ0n) is 29.3. The summed E-state index contributed by atoms with van der Waals surface area (Å²) in [7, 11) is -1.31. The first kappa shape index (κ1) is 38.8. The Morgan fingerprint density at radius 2 is 1.74 bits per heavy atom. The molecule has 1 aliphatic heterocycles. The molecule has 1 atom stereocenters. The molecule has 1 saturated heterocycles. The summed E-state index contributed by atoms with van der Waals surface area (Å²) in [6, 6.07) is 8.33. The number of aromatic nitrogens is 1. The Labute approximate surface area is 294 Å².